The molecule has 272 valence electrons. The van der Waals surface area contributed by atoms with Gasteiger partial charge < -0.3 is 64.9 Å². The molecule has 0 radical (unpaired) electrons. The van der Waals surface area contributed by atoms with Crippen LogP contribution in [-0.2, 0) is 14.2 Å². The number of hydrogen-bond donors (Lipinski definition) is 9. The molecule has 4 aliphatic rings. The number of phenolic OH excluding ortho intramolecular Hbond substituents is 4. The Balaban J connectivity index is 1.51. The number of rotatable bonds is 4. The van der Waals surface area contributed by atoms with Crippen molar-refractivity contribution < 1.29 is 74.5 Å². The number of benzene rings is 3. The van der Waals surface area contributed by atoms with Crippen LogP contribution < -0.4 is 4.74 Å². The van der Waals surface area contributed by atoms with Gasteiger partial charge in [0.05, 0.1) is 35.4 Å². The fourth-order valence-corrected chi connectivity index (χ4v) is 7.92. The van der Waals surface area contributed by atoms with E-state index in [1.165, 1.54) is 6.07 Å². The first-order valence-electron chi connectivity index (χ1n) is 16.5. The molecule has 0 unspecified atom stereocenters. The number of hydrogen-bond acceptors (Lipinski definition) is 15. The van der Waals surface area contributed by atoms with E-state index in [-0.39, 0.29) is 61.9 Å². The number of aromatic hydroxyl groups is 4. The monoisotopic (exact) mass is 710 g/mol. The van der Waals surface area contributed by atoms with E-state index in [9.17, 15) is 55.5 Å². The number of aliphatic hydroxyl groups excluding tert-OH is 5. The number of aliphatic hydroxyl groups is 5. The standard InChI is InChI=1S/C36H38O15/c1-10-5-16-21(11(2)49-10)32(43)26-18(39)8-17(38)25(28(26)30(16)41)24-15-6-14(37)7-19(48-9-20-31(42)34(45)35(46)36(47)51-20)23(15)33(44)22-12(3)50-13(4)29(40)27(22)24/h6-8,10-13,20,29,31,34-40,42,44-47H,5,9H2,1-4H3/t10-,11-,12-,13-,20-,29-,31-,34+,35-,36-/m1/s1. The van der Waals surface area contributed by atoms with Crippen molar-refractivity contribution >= 4 is 22.3 Å². The Morgan fingerprint density at radius 1 is 0.725 bits per heavy atom. The number of fused-ring (bicyclic) bond motifs is 3. The van der Waals surface area contributed by atoms with Crippen LogP contribution in [0, 0.1) is 0 Å². The lowest BCUT2D eigenvalue weighted by Crippen LogP contribution is -2.58. The molecular formula is C36H38O15. The van der Waals surface area contributed by atoms with Crippen LogP contribution in [0.3, 0.4) is 0 Å². The minimum absolute atomic E-state index is 0.0194. The zero-order chi connectivity index (χ0) is 37.0. The van der Waals surface area contributed by atoms with Gasteiger partial charge in [-0.1, -0.05) is 0 Å². The molecule has 0 spiro atoms. The molecule has 0 bridgehead atoms. The molecule has 9 N–H and O–H groups in total. The van der Waals surface area contributed by atoms with Crippen LogP contribution in [0.1, 0.15) is 78.2 Å². The Labute approximate surface area is 290 Å². The van der Waals surface area contributed by atoms with Crippen LogP contribution in [0.4, 0.5) is 0 Å². The quantitative estimate of drug-likeness (QED) is 0.187. The van der Waals surface area contributed by atoms with Crippen molar-refractivity contribution in [3.8, 4) is 39.9 Å². The van der Waals surface area contributed by atoms with E-state index in [4.69, 9.17) is 18.9 Å². The SMILES string of the molecule is C[C@@H]1CC2=C(C(=O)c3c(O)cc(O)c(-c4c5c(c(O)c6c(OC[C@H]7O[C@@H](O)[C@H](O)[C@@H](O)[C@@H]7O)cc(O)cc46)[C@@H](C)O[C@H](C)[C@H]5O)c3C2=O)[C@@H](C)O1. The molecule has 3 heterocycles. The van der Waals surface area contributed by atoms with Gasteiger partial charge in [-0.2, -0.15) is 0 Å². The second kappa shape index (κ2) is 12.4. The number of carbonyl (C=O) groups is 2. The summed E-state index contributed by atoms with van der Waals surface area (Å²) in [5, 5.41) is 97.7. The number of carbonyl (C=O) groups excluding carboxylic acids is 2. The summed E-state index contributed by atoms with van der Waals surface area (Å²) in [5.41, 5.74) is -0.803. The van der Waals surface area contributed by atoms with Gasteiger partial charge in [0.1, 0.15) is 65.9 Å². The predicted octanol–water partition coefficient (Wildman–Crippen LogP) is 1.89. The zero-order valence-corrected chi connectivity index (χ0v) is 27.9. The third kappa shape index (κ3) is 5.26. The van der Waals surface area contributed by atoms with E-state index in [0.717, 1.165) is 12.1 Å². The maximum Gasteiger partial charge on any atom is 0.196 e. The number of ether oxygens (including phenoxy) is 4. The van der Waals surface area contributed by atoms with Crippen molar-refractivity contribution in [1.29, 1.82) is 0 Å². The number of Topliss-reactive ketones (excluding diaryl/α,β-unsaturated/α-hetero) is 2. The molecule has 51 heavy (non-hydrogen) atoms. The molecule has 15 nitrogen and oxygen atoms in total. The third-order valence-corrected chi connectivity index (χ3v) is 10.2. The summed E-state index contributed by atoms with van der Waals surface area (Å²) in [6.07, 6.45) is -13.0. The molecule has 3 aromatic carbocycles. The molecule has 0 saturated carbocycles. The summed E-state index contributed by atoms with van der Waals surface area (Å²) in [7, 11) is 0. The summed E-state index contributed by atoms with van der Waals surface area (Å²) >= 11 is 0. The fourth-order valence-electron chi connectivity index (χ4n) is 7.92. The van der Waals surface area contributed by atoms with E-state index in [1.54, 1.807) is 27.7 Å². The van der Waals surface area contributed by atoms with Crippen molar-refractivity contribution in [3.63, 3.8) is 0 Å². The first kappa shape index (κ1) is 35.1. The Morgan fingerprint density at radius 3 is 2.12 bits per heavy atom. The highest BCUT2D eigenvalue weighted by atomic mass is 16.6. The first-order chi connectivity index (χ1) is 24.0. The number of ketones is 2. The summed E-state index contributed by atoms with van der Waals surface area (Å²) in [5.74, 6) is -3.82. The molecular weight excluding hydrogens is 672 g/mol. The molecule has 1 fully saturated rings. The zero-order valence-electron chi connectivity index (χ0n) is 27.9. The minimum atomic E-state index is -1.87. The van der Waals surface area contributed by atoms with Crippen molar-refractivity contribution in [3.05, 3.63) is 51.6 Å². The fraction of sp³-hybridized carbons (Fsp3) is 0.444. The molecule has 7 rings (SSSR count). The second-order valence-electron chi connectivity index (χ2n) is 13.6. The largest absolute Gasteiger partial charge is 0.508 e. The summed E-state index contributed by atoms with van der Waals surface area (Å²) in [6.45, 7) is 5.95. The Hall–Kier alpha value is -4.32. The van der Waals surface area contributed by atoms with Gasteiger partial charge >= 0.3 is 0 Å². The predicted molar refractivity (Wildman–Crippen MR) is 175 cm³/mol. The summed E-state index contributed by atoms with van der Waals surface area (Å²) in [4.78, 5) is 28.5. The van der Waals surface area contributed by atoms with E-state index < -0.39 is 108 Å². The lowest BCUT2D eigenvalue weighted by Gasteiger charge is -2.38. The Bertz CT molecular complexity index is 2020. The third-order valence-electron chi connectivity index (χ3n) is 10.2. The normalized spacial score (nSPS) is 32.1. The maximum atomic E-state index is 14.5. The first-order valence-corrected chi connectivity index (χ1v) is 16.5. The smallest absolute Gasteiger partial charge is 0.196 e. The second-order valence-corrected chi connectivity index (χ2v) is 13.6. The molecule has 1 aliphatic carbocycles. The van der Waals surface area contributed by atoms with Gasteiger partial charge in [0.2, 0.25) is 0 Å². The lowest BCUT2D eigenvalue weighted by atomic mass is 9.73. The summed E-state index contributed by atoms with van der Waals surface area (Å²) < 4.78 is 22.9. The molecule has 3 aromatic rings. The van der Waals surface area contributed by atoms with Gasteiger partial charge in [-0.05, 0) is 33.8 Å². The highest BCUT2D eigenvalue weighted by Gasteiger charge is 2.46. The highest BCUT2D eigenvalue weighted by Crippen LogP contribution is 2.56. The van der Waals surface area contributed by atoms with Crippen LogP contribution >= 0.6 is 0 Å². The van der Waals surface area contributed by atoms with Crippen molar-refractivity contribution in [2.45, 2.75) is 95.3 Å². The molecule has 1 saturated heterocycles. The van der Waals surface area contributed by atoms with Gasteiger partial charge in [-0.15, -0.1) is 0 Å². The average molecular weight is 711 g/mol. The molecule has 15 heteroatoms. The highest BCUT2D eigenvalue weighted by molar-refractivity contribution is 6.31. The van der Waals surface area contributed by atoms with Crippen molar-refractivity contribution in [1.82, 2.24) is 0 Å². The van der Waals surface area contributed by atoms with Crippen LogP contribution in [0.5, 0.6) is 28.7 Å². The topological polar surface area (TPSA) is 253 Å². The Morgan fingerprint density at radius 2 is 1.41 bits per heavy atom. The van der Waals surface area contributed by atoms with Crippen molar-refractivity contribution in [2.24, 2.45) is 0 Å². The van der Waals surface area contributed by atoms with Gasteiger partial charge in [0.25, 0.3) is 0 Å². The van der Waals surface area contributed by atoms with Crippen LogP contribution in [0.15, 0.2) is 29.3 Å². The molecule has 0 aromatic heterocycles. The van der Waals surface area contributed by atoms with Gasteiger partial charge in [0, 0.05) is 62.9 Å². The lowest BCUT2D eigenvalue weighted by molar-refractivity contribution is -0.285. The summed E-state index contributed by atoms with van der Waals surface area (Å²) in [6, 6.07) is 3.21. The van der Waals surface area contributed by atoms with Gasteiger partial charge in [-0.3, -0.25) is 9.59 Å². The minimum Gasteiger partial charge on any atom is -0.508 e. The van der Waals surface area contributed by atoms with Crippen LogP contribution in [0.25, 0.3) is 21.9 Å². The van der Waals surface area contributed by atoms with Gasteiger partial charge in [0.15, 0.2) is 17.9 Å². The van der Waals surface area contributed by atoms with Gasteiger partial charge in [-0.25, -0.2) is 0 Å². The Kier molecular flexibility index (Phi) is 8.55. The molecule has 3 aliphatic heterocycles. The maximum absolute atomic E-state index is 14.5. The van der Waals surface area contributed by atoms with E-state index in [2.05, 4.69) is 0 Å². The van der Waals surface area contributed by atoms with Crippen molar-refractivity contribution in [2.75, 3.05) is 6.61 Å². The van der Waals surface area contributed by atoms with Crippen LogP contribution in [0.2, 0.25) is 0 Å². The van der Waals surface area contributed by atoms with Crippen LogP contribution in [-0.4, -0.2) is 113 Å². The van der Waals surface area contributed by atoms with E-state index in [1.807, 2.05) is 0 Å². The molecule has 0 amide bonds. The van der Waals surface area contributed by atoms with E-state index >= 15 is 0 Å². The molecule has 10 atom stereocenters. The van der Waals surface area contributed by atoms with E-state index in [0.29, 0.717) is 0 Å². The number of phenols is 4. The average Bonchev–Trinajstić information content (AvgIpc) is 3.05.